The van der Waals surface area contributed by atoms with Crippen molar-refractivity contribution in [1.29, 1.82) is 0 Å². The van der Waals surface area contributed by atoms with Gasteiger partial charge in [-0.2, -0.15) is 0 Å². The molecule has 0 radical (unpaired) electrons. The van der Waals surface area contributed by atoms with E-state index in [2.05, 4.69) is 9.88 Å². The van der Waals surface area contributed by atoms with Gasteiger partial charge in [0.25, 0.3) is 11.5 Å². The highest BCUT2D eigenvalue weighted by Gasteiger charge is 2.31. The molecule has 3 heterocycles. The minimum Gasteiger partial charge on any atom is -0.396 e. The highest BCUT2D eigenvalue weighted by molar-refractivity contribution is 5.93. The molecule has 2 N–H and O–H groups in total. The van der Waals surface area contributed by atoms with Crippen LogP contribution in [0.15, 0.2) is 16.9 Å². The van der Waals surface area contributed by atoms with Gasteiger partial charge in [0.1, 0.15) is 5.56 Å². The van der Waals surface area contributed by atoms with Gasteiger partial charge in [-0.15, -0.1) is 0 Å². The highest BCUT2D eigenvalue weighted by atomic mass is 16.3. The number of carbonyl (C=O) groups is 1. The second-order valence-electron chi connectivity index (χ2n) is 8.02. The quantitative estimate of drug-likeness (QED) is 0.857. The number of carbonyl (C=O) groups excluding carboxylic acids is 1. The van der Waals surface area contributed by atoms with Crippen molar-refractivity contribution < 1.29 is 9.90 Å². The van der Waals surface area contributed by atoms with Gasteiger partial charge < -0.3 is 15.0 Å². The number of rotatable bonds is 4. The van der Waals surface area contributed by atoms with E-state index in [4.69, 9.17) is 0 Å². The Balaban J connectivity index is 1.66. The fraction of sp³-hybridized carbons (Fsp3) is 0.700. The van der Waals surface area contributed by atoms with Gasteiger partial charge in [0.05, 0.1) is 0 Å². The predicted molar refractivity (Wildman–Crippen MR) is 101 cm³/mol. The lowest BCUT2D eigenvalue weighted by atomic mass is 9.94. The van der Waals surface area contributed by atoms with Crippen LogP contribution in [-0.4, -0.2) is 64.6 Å². The van der Waals surface area contributed by atoms with E-state index in [0.717, 1.165) is 44.5 Å². The molecule has 6 nitrogen and oxygen atoms in total. The second-order valence-corrected chi connectivity index (χ2v) is 8.02. The van der Waals surface area contributed by atoms with Crippen LogP contribution in [0.2, 0.25) is 0 Å². The number of aliphatic hydroxyl groups is 1. The Kier molecular flexibility index (Phi) is 6.14. The van der Waals surface area contributed by atoms with Crippen molar-refractivity contribution in [2.45, 2.75) is 51.5 Å². The number of aromatic amines is 1. The van der Waals surface area contributed by atoms with Gasteiger partial charge in [-0.3, -0.25) is 14.5 Å². The molecule has 3 rings (SSSR count). The minimum atomic E-state index is -0.285. The Hall–Kier alpha value is -1.66. The van der Waals surface area contributed by atoms with Crippen LogP contribution < -0.4 is 5.56 Å². The summed E-state index contributed by atoms with van der Waals surface area (Å²) in [5.41, 5.74) is 0.816. The molecular formula is C20H31N3O3. The molecule has 2 fully saturated rings. The first kappa shape index (κ1) is 19.1. The van der Waals surface area contributed by atoms with Crippen LogP contribution in [-0.2, 0) is 0 Å². The summed E-state index contributed by atoms with van der Waals surface area (Å²) in [6.45, 7) is 7.69. The number of aromatic nitrogens is 1. The molecule has 26 heavy (non-hydrogen) atoms. The summed E-state index contributed by atoms with van der Waals surface area (Å²) in [6, 6.07) is 3.88. The molecule has 0 aromatic carbocycles. The van der Waals surface area contributed by atoms with Gasteiger partial charge in [0, 0.05) is 31.4 Å². The predicted octanol–water partition coefficient (Wildman–Crippen LogP) is 1.81. The summed E-state index contributed by atoms with van der Waals surface area (Å²) in [5.74, 6) is 0.496. The average molecular weight is 361 g/mol. The Bertz CT molecular complexity index is 677. The maximum Gasteiger partial charge on any atom is 0.261 e. The standard InChI is InChI=1S/C20H31N3O3/c1-14(2)18-6-5-17(19(25)21-18)20(26)23-9-3-4-16(12-23)22-10-7-15(13-24)8-11-22/h5-6,14-16,24H,3-4,7-13H2,1-2H3,(H,21,25)/t16-/m0/s1. The number of likely N-dealkylation sites (tertiary alicyclic amines) is 2. The van der Waals surface area contributed by atoms with Crippen molar-refractivity contribution in [1.82, 2.24) is 14.8 Å². The number of piperidine rings is 2. The van der Waals surface area contributed by atoms with Gasteiger partial charge >= 0.3 is 0 Å². The van der Waals surface area contributed by atoms with Crippen LogP contribution in [0, 0.1) is 5.92 Å². The summed E-state index contributed by atoms with van der Waals surface area (Å²) in [4.78, 5) is 32.4. The van der Waals surface area contributed by atoms with E-state index >= 15 is 0 Å². The Morgan fingerprint density at radius 3 is 2.58 bits per heavy atom. The van der Waals surface area contributed by atoms with Gasteiger partial charge in [-0.1, -0.05) is 13.8 Å². The van der Waals surface area contributed by atoms with Gasteiger partial charge in [0.2, 0.25) is 0 Å². The van der Waals surface area contributed by atoms with Gasteiger partial charge in [0.15, 0.2) is 0 Å². The normalized spacial score (nSPS) is 22.8. The molecule has 1 amide bonds. The van der Waals surface area contributed by atoms with E-state index < -0.39 is 0 Å². The van der Waals surface area contributed by atoms with E-state index in [0.29, 0.717) is 25.0 Å². The number of nitrogens with zero attached hydrogens (tertiary/aromatic N) is 2. The van der Waals surface area contributed by atoms with Crippen molar-refractivity contribution in [2.75, 3.05) is 32.8 Å². The average Bonchev–Trinajstić information content (AvgIpc) is 2.67. The van der Waals surface area contributed by atoms with Crippen LogP contribution in [0.25, 0.3) is 0 Å². The third-order valence-electron chi connectivity index (χ3n) is 5.89. The van der Waals surface area contributed by atoms with Crippen molar-refractivity contribution >= 4 is 5.91 Å². The fourth-order valence-corrected chi connectivity index (χ4v) is 4.10. The SMILES string of the molecule is CC(C)c1ccc(C(=O)N2CCC[C@H](N3CCC(CO)CC3)C2)c(=O)[nH]1. The summed E-state index contributed by atoms with van der Waals surface area (Å²) in [6.07, 6.45) is 4.11. The van der Waals surface area contributed by atoms with Crippen LogP contribution in [0.5, 0.6) is 0 Å². The number of pyridine rings is 1. The summed E-state index contributed by atoms with van der Waals surface area (Å²) in [7, 11) is 0. The molecule has 0 unspecified atom stereocenters. The van der Waals surface area contributed by atoms with E-state index in [1.165, 1.54) is 0 Å². The summed E-state index contributed by atoms with van der Waals surface area (Å²) in [5, 5.41) is 9.30. The summed E-state index contributed by atoms with van der Waals surface area (Å²) >= 11 is 0. The molecule has 1 aromatic heterocycles. The largest absolute Gasteiger partial charge is 0.396 e. The smallest absolute Gasteiger partial charge is 0.261 e. The lowest BCUT2D eigenvalue weighted by Crippen LogP contribution is -2.52. The third-order valence-corrected chi connectivity index (χ3v) is 5.89. The molecule has 0 spiro atoms. The molecule has 144 valence electrons. The van der Waals surface area contributed by atoms with Crippen LogP contribution in [0.3, 0.4) is 0 Å². The number of amides is 1. The lowest BCUT2D eigenvalue weighted by Gasteiger charge is -2.42. The van der Waals surface area contributed by atoms with E-state index in [1.807, 2.05) is 24.8 Å². The van der Waals surface area contributed by atoms with E-state index in [1.54, 1.807) is 6.07 Å². The zero-order valence-corrected chi connectivity index (χ0v) is 15.9. The molecule has 2 aliphatic heterocycles. The number of aliphatic hydroxyl groups excluding tert-OH is 1. The zero-order chi connectivity index (χ0) is 18.7. The fourth-order valence-electron chi connectivity index (χ4n) is 4.10. The molecule has 0 bridgehead atoms. The van der Waals surface area contributed by atoms with Crippen molar-refractivity contribution in [3.8, 4) is 0 Å². The molecule has 0 saturated carbocycles. The van der Waals surface area contributed by atoms with Crippen molar-refractivity contribution in [3.63, 3.8) is 0 Å². The maximum absolute atomic E-state index is 12.9. The van der Waals surface area contributed by atoms with Crippen molar-refractivity contribution in [3.05, 3.63) is 33.7 Å². The van der Waals surface area contributed by atoms with Crippen molar-refractivity contribution in [2.24, 2.45) is 5.92 Å². The molecule has 1 atom stereocenters. The Morgan fingerprint density at radius 2 is 1.96 bits per heavy atom. The minimum absolute atomic E-state index is 0.156. The van der Waals surface area contributed by atoms with Crippen LogP contribution in [0.1, 0.15) is 61.5 Å². The van der Waals surface area contributed by atoms with Gasteiger partial charge in [-0.25, -0.2) is 0 Å². The lowest BCUT2D eigenvalue weighted by molar-refractivity contribution is 0.0444. The van der Waals surface area contributed by atoms with Crippen LogP contribution in [0.4, 0.5) is 0 Å². The number of nitrogens with one attached hydrogen (secondary N) is 1. The maximum atomic E-state index is 12.9. The molecule has 0 aliphatic carbocycles. The second kappa shape index (κ2) is 8.35. The van der Waals surface area contributed by atoms with E-state index in [9.17, 15) is 14.7 Å². The molecular weight excluding hydrogens is 330 g/mol. The first-order valence-corrected chi connectivity index (χ1v) is 9.87. The van der Waals surface area contributed by atoms with E-state index in [-0.39, 0.29) is 29.6 Å². The third kappa shape index (κ3) is 4.18. The molecule has 6 heteroatoms. The number of hydrogen-bond acceptors (Lipinski definition) is 4. The topological polar surface area (TPSA) is 76.6 Å². The number of H-pyrrole nitrogens is 1. The summed E-state index contributed by atoms with van der Waals surface area (Å²) < 4.78 is 0. The zero-order valence-electron chi connectivity index (χ0n) is 15.9. The molecule has 2 saturated heterocycles. The number of hydrogen-bond donors (Lipinski definition) is 2. The monoisotopic (exact) mass is 361 g/mol. The van der Waals surface area contributed by atoms with Gasteiger partial charge in [-0.05, 0) is 62.7 Å². The highest BCUT2D eigenvalue weighted by Crippen LogP contribution is 2.23. The first-order chi connectivity index (χ1) is 12.5. The van der Waals surface area contributed by atoms with Crippen LogP contribution >= 0.6 is 0 Å². The first-order valence-electron chi connectivity index (χ1n) is 9.87. The Labute approximate surface area is 155 Å². The molecule has 1 aromatic rings. The Morgan fingerprint density at radius 1 is 1.23 bits per heavy atom. The molecule has 2 aliphatic rings.